The summed E-state index contributed by atoms with van der Waals surface area (Å²) in [4.78, 5) is 0. The van der Waals surface area contributed by atoms with Crippen molar-refractivity contribution in [2.75, 3.05) is 13.2 Å². The van der Waals surface area contributed by atoms with Crippen LogP contribution in [0.4, 0.5) is 0 Å². The Bertz CT molecular complexity index is 732. The second-order valence-electron chi connectivity index (χ2n) is 5.88. The zero-order valence-corrected chi connectivity index (χ0v) is 15.5. The van der Waals surface area contributed by atoms with Crippen LogP contribution in [0, 0.1) is 11.8 Å². The molecule has 3 heteroatoms. The van der Waals surface area contributed by atoms with Gasteiger partial charge >= 0.3 is 0 Å². The Hall–Kier alpha value is -1.86. The van der Waals surface area contributed by atoms with E-state index in [4.69, 9.17) is 4.74 Å². The molecule has 1 N–H and O–H groups in total. The Morgan fingerprint density at radius 1 is 1.04 bits per heavy atom. The van der Waals surface area contributed by atoms with E-state index in [1.54, 1.807) is 13.8 Å². The Morgan fingerprint density at radius 3 is 2.21 bits per heavy atom. The molecule has 0 atom stereocenters. The number of hydrogen-bond donors (Lipinski definition) is 1. The highest BCUT2D eigenvalue weighted by Gasteiger charge is 2.21. The van der Waals surface area contributed by atoms with E-state index in [0.29, 0.717) is 13.2 Å². The third kappa shape index (κ3) is 5.65. The standard InChI is InChI=1S/C21H21BrO2/c1-21(2,23)20(22)19(18-13-7-4-8-14-18)16-24-15-9-12-17-10-5-3-6-11-17/h3-8,10-11,13-14,23H,15-16H2,1-2H3/b20-19+. The van der Waals surface area contributed by atoms with Crippen LogP contribution in [-0.2, 0) is 4.74 Å². The predicted molar refractivity (Wildman–Crippen MR) is 103 cm³/mol. The van der Waals surface area contributed by atoms with Crippen LogP contribution in [0.3, 0.4) is 0 Å². The van der Waals surface area contributed by atoms with Crippen LogP contribution in [-0.4, -0.2) is 23.9 Å². The summed E-state index contributed by atoms with van der Waals surface area (Å²) in [6.45, 7) is 4.19. The van der Waals surface area contributed by atoms with Crippen LogP contribution >= 0.6 is 15.9 Å². The van der Waals surface area contributed by atoms with Crippen LogP contribution < -0.4 is 0 Å². The molecule has 0 aliphatic rings. The van der Waals surface area contributed by atoms with Gasteiger partial charge < -0.3 is 9.84 Å². The van der Waals surface area contributed by atoms with Crippen molar-refractivity contribution in [2.45, 2.75) is 19.4 Å². The summed E-state index contributed by atoms with van der Waals surface area (Å²) in [5.74, 6) is 6.08. The molecule has 2 nitrogen and oxygen atoms in total. The van der Waals surface area contributed by atoms with Gasteiger partial charge in [0.05, 0.1) is 12.2 Å². The third-order valence-corrected chi connectivity index (χ3v) is 4.80. The van der Waals surface area contributed by atoms with Gasteiger partial charge in [-0.3, -0.25) is 0 Å². The molecule has 0 aromatic heterocycles. The van der Waals surface area contributed by atoms with Crippen molar-refractivity contribution in [1.82, 2.24) is 0 Å². The fourth-order valence-corrected chi connectivity index (χ4v) is 2.49. The summed E-state index contributed by atoms with van der Waals surface area (Å²) in [7, 11) is 0. The summed E-state index contributed by atoms with van der Waals surface area (Å²) >= 11 is 3.52. The van der Waals surface area contributed by atoms with Gasteiger partial charge in [0.2, 0.25) is 0 Å². The summed E-state index contributed by atoms with van der Waals surface area (Å²) in [5, 5.41) is 10.3. The zero-order chi connectivity index (χ0) is 17.4. The monoisotopic (exact) mass is 384 g/mol. The Balaban J connectivity index is 2.07. The van der Waals surface area contributed by atoms with Crippen molar-refractivity contribution in [3.8, 4) is 11.8 Å². The van der Waals surface area contributed by atoms with Gasteiger partial charge in [0.15, 0.2) is 0 Å². The third-order valence-electron chi connectivity index (χ3n) is 3.35. The molecule has 0 heterocycles. The first-order chi connectivity index (χ1) is 11.5. The molecule has 0 saturated carbocycles. The van der Waals surface area contributed by atoms with Crippen LogP contribution in [0.2, 0.25) is 0 Å². The van der Waals surface area contributed by atoms with Gasteiger partial charge in [-0.2, -0.15) is 0 Å². The number of rotatable bonds is 5. The van der Waals surface area contributed by atoms with Crippen LogP contribution in [0.25, 0.3) is 5.57 Å². The molecule has 2 rings (SSSR count). The summed E-state index contributed by atoms with van der Waals surface area (Å²) in [6.07, 6.45) is 0. The molecule has 2 aromatic rings. The van der Waals surface area contributed by atoms with E-state index in [0.717, 1.165) is 21.2 Å². The van der Waals surface area contributed by atoms with Gasteiger partial charge in [0.1, 0.15) is 6.61 Å². The number of ether oxygens (including phenoxy) is 1. The molecule has 124 valence electrons. The highest BCUT2D eigenvalue weighted by molar-refractivity contribution is 9.12. The quantitative estimate of drug-likeness (QED) is 0.601. The molecule has 0 aliphatic heterocycles. The van der Waals surface area contributed by atoms with Crippen molar-refractivity contribution in [2.24, 2.45) is 0 Å². The van der Waals surface area contributed by atoms with Gasteiger partial charge in [-0.05, 0) is 37.1 Å². The Kier molecular flexibility index (Phi) is 6.81. The Labute approximate surface area is 152 Å². The maximum atomic E-state index is 10.3. The molecule has 0 saturated heterocycles. The van der Waals surface area contributed by atoms with E-state index >= 15 is 0 Å². The largest absolute Gasteiger partial charge is 0.385 e. The molecule has 0 bridgehead atoms. The maximum absolute atomic E-state index is 10.3. The second kappa shape index (κ2) is 8.84. The van der Waals surface area contributed by atoms with Gasteiger partial charge in [-0.1, -0.05) is 76.3 Å². The van der Waals surface area contributed by atoms with Crippen LogP contribution in [0.5, 0.6) is 0 Å². The molecule has 0 aliphatic carbocycles. The zero-order valence-electron chi connectivity index (χ0n) is 13.9. The van der Waals surface area contributed by atoms with Crippen LogP contribution in [0.1, 0.15) is 25.0 Å². The van der Waals surface area contributed by atoms with Gasteiger partial charge in [0, 0.05) is 10.0 Å². The summed E-state index contributed by atoms with van der Waals surface area (Å²) < 4.78 is 6.44. The highest BCUT2D eigenvalue weighted by Crippen LogP contribution is 2.31. The molecular formula is C21H21BrO2. The minimum Gasteiger partial charge on any atom is -0.385 e. The lowest BCUT2D eigenvalue weighted by atomic mass is 10.00. The van der Waals surface area contributed by atoms with E-state index in [1.807, 2.05) is 60.7 Å². The van der Waals surface area contributed by atoms with Gasteiger partial charge in [-0.25, -0.2) is 0 Å². The van der Waals surface area contributed by atoms with Gasteiger partial charge in [-0.15, -0.1) is 0 Å². The fraction of sp³-hybridized carbons (Fsp3) is 0.238. The first kappa shape index (κ1) is 18.5. The molecule has 2 aromatic carbocycles. The predicted octanol–water partition coefficient (Wildman–Crippen LogP) is 4.63. The van der Waals surface area contributed by atoms with E-state index in [1.165, 1.54) is 0 Å². The Morgan fingerprint density at radius 2 is 1.62 bits per heavy atom. The summed E-state index contributed by atoms with van der Waals surface area (Å²) in [6, 6.07) is 19.7. The lowest BCUT2D eigenvalue weighted by molar-refractivity contribution is 0.129. The van der Waals surface area contributed by atoms with E-state index < -0.39 is 5.60 Å². The normalized spacial score (nSPS) is 12.2. The van der Waals surface area contributed by atoms with Crippen molar-refractivity contribution in [3.05, 3.63) is 76.3 Å². The number of hydrogen-bond acceptors (Lipinski definition) is 2. The number of benzene rings is 2. The number of halogens is 1. The van der Waals surface area contributed by atoms with Crippen molar-refractivity contribution in [3.63, 3.8) is 0 Å². The lowest BCUT2D eigenvalue weighted by Gasteiger charge is -2.21. The SMILES string of the molecule is CC(C)(O)/C(Br)=C(/COCC#Cc1ccccc1)c1ccccc1. The fourth-order valence-electron chi connectivity index (χ4n) is 2.15. The first-order valence-corrected chi connectivity index (χ1v) is 8.56. The number of aliphatic hydroxyl groups is 1. The average molecular weight is 385 g/mol. The topological polar surface area (TPSA) is 29.5 Å². The first-order valence-electron chi connectivity index (χ1n) is 7.77. The van der Waals surface area contributed by atoms with Crippen molar-refractivity contribution >= 4 is 21.5 Å². The van der Waals surface area contributed by atoms with E-state index in [2.05, 4.69) is 27.8 Å². The van der Waals surface area contributed by atoms with Gasteiger partial charge in [0.25, 0.3) is 0 Å². The summed E-state index contributed by atoms with van der Waals surface area (Å²) in [5.41, 5.74) is 1.94. The van der Waals surface area contributed by atoms with Crippen molar-refractivity contribution in [1.29, 1.82) is 0 Å². The average Bonchev–Trinajstić information content (AvgIpc) is 2.58. The molecule has 0 amide bonds. The molecule has 0 radical (unpaired) electrons. The minimum absolute atomic E-state index is 0.331. The molecule has 24 heavy (non-hydrogen) atoms. The highest BCUT2D eigenvalue weighted by atomic mass is 79.9. The van der Waals surface area contributed by atoms with Crippen LogP contribution in [0.15, 0.2) is 65.1 Å². The minimum atomic E-state index is -0.968. The van der Waals surface area contributed by atoms with Crippen molar-refractivity contribution < 1.29 is 9.84 Å². The maximum Gasteiger partial charge on any atom is 0.108 e. The lowest BCUT2D eigenvalue weighted by Crippen LogP contribution is -2.21. The second-order valence-corrected chi connectivity index (χ2v) is 6.67. The molecule has 0 unspecified atom stereocenters. The van der Waals surface area contributed by atoms with E-state index in [9.17, 15) is 5.11 Å². The molecular weight excluding hydrogens is 364 g/mol. The van der Waals surface area contributed by atoms with E-state index in [-0.39, 0.29) is 0 Å². The molecule has 0 fully saturated rings. The molecule has 0 spiro atoms. The smallest absolute Gasteiger partial charge is 0.108 e.